The first-order valence-corrected chi connectivity index (χ1v) is 6.59. The van der Waals surface area contributed by atoms with Gasteiger partial charge < -0.3 is 14.9 Å². The lowest BCUT2D eigenvalue weighted by Gasteiger charge is -1.98. The molecule has 0 saturated carbocycles. The maximum absolute atomic E-state index is 10.5. The van der Waals surface area contributed by atoms with Crippen LogP contribution in [0, 0.1) is 0 Å². The van der Waals surface area contributed by atoms with Gasteiger partial charge in [-0.1, -0.05) is 31.9 Å². The summed E-state index contributed by atoms with van der Waals surface area (Å²) in [6.07, 6.45) is 3.31. The van der Waals surface area contributed by atoms with Crippen molar-refractivity contribution in [2.45, 2.75) is 33.1 Å². The Morgan fingerprint density at radius 1 is 1.00 bits per heavy atom. The van der Waals surface area contributed by atoms with Crippen LogP contribution in [0.25, 0.3) is 0 Å². The summed E-state index contributed by atoms with van der Waals surface area (Å²) < 4.78 is 4.70. The summed E-state index contributed by atoms with van der Waals surface area (Å²) in [4.78, 5) is 31.1. The minimum atomic E-state index is -1.23. The molecule has 2 N–H and O–H groups in total. The highest BCUT2D eigenvalue weighted by Crippen LogP contribution is 2.07. The quantitative estimate of drug-likeness (QED) is 0.618. The smallest absolute Gasteiger partial charge is 0.336 e. The zero-order chi connectivity index (χ0) is 16.3. The maximum Gasteiger partial charge on any atom is 0.336 e. The Balaban J connectivity index is 0.000000400. The Kier molecular flexibility index (Phi) is 9.25. The molecular formula is C15H20O6. The molecule has 6 heteroatoms. The van der Waals surface area contributed by atoms with E-state index in [1.54, 1.807) is 0 Å². The lowest BCUT2D eigenvalue weighted by Crippen LogP contribution is -2.06. The van der Waals surface area contributed by atoms with Crippen LogP contribution in [0.3, 0.4) is 0 Å². The molecule has 0 aliphatic heterocycles. The van der Waals surface area contributed by atoms with Crippen LogP contribution in [-0.2, 0) is 9.53 Å². The molecule has 0 aliphatic carbocycles. The molecule has 21 heavy (non-hydrogen) atoms. The molecule has 0 saturated heterocycles. The standard InChI is InChI=1S/C8H6O4.C7H14O2/c9-7(10)5-3-1-2-4-6(5)8(11)12;1-3-4-5-6-9-7(2)8/h1-4H,(H,9,10)(H,11,12);3-6H2,1-2H3. The fraction of sp³-hybridized carbons (Fsp3) is 0.400. The van der Waals surface area contributed by atoms with Gasteiger partial charge >= 0.3 is 17.9 Å². The van der Waals surface area contributed by atoms with E-state index in [0.29, 0.717) is 6.61 Å². The van der Waals surface area contributed by atoms with E-state index in [-0.39, 0.29) is 17.1 Å². The van der Waals surface area contributed by atoms with Crippen molar-refractivity contribution in [2.75, 3.05) is 6.61 Å². The van der Waals surface area contributed by atoms with E-state index in [0.717, 1.165) is 12.8 Å². The second kappa shape index (κ2) is 10.4. The van der Waals surface area contributed by atoms with Crippen LogP contribution in [0.4, 0.5) is 0 Å². The van der Waals surface area contributed by atoms with Gasteiger partial charge in [-0.25, -0.2) is 9.59 Å². The minimum Gasteiger partial charge on any atom is -0.478 e. The van der Waals surface area contributed by atoms with Crippen LogP contribution in [0.1, 0.15) is 53.8 Å². The lowest BCUT2D eigenvalue weighted by molar-refractivity contribution is -0.141. The molecule has 6 nitrogen and oxygen atoms in total. The van der Waals surface area contributed by atoms with Crippen molar-refractivity contribution in [3.8, 4) is 0 Å². The number of esters is 1. The number of benzene rings is 1. The number of carbonyl (C=O) groups excluding carboxylic acids is 1. The van der Waals surface area contributed by atoms with Gasteiger partial charge in [0.25, 0.3) is 0 Å². The zero-order valence-electron chi connectivity index (χ0n) is 12.2. The summed E-state index contributed by atoms with van der Waals surface area (Å²) in [6.45, 7) is 4.14. The average molecular weight is 296 g/mol. The molecule has 1 rings (SSSR count). The SMILES string of the molecule is CCCCCOC(C)=O.O=C(O)c1ccccc1C(=O)O. The number of carboxylic acid groups (broad SMARTS) is 2. The molecule has 0 heterocycles. The summed E-state index contributed by atoms with van der Waals surface area (Å²) in [5.41, 5.74) is -0.380. The summed E-state index contributed by atoms with van der Waals surface area (Å²) in [5.74, 6) is -2.63. The predicted octanol–water partition coefficient (Wildman–Crippen LogP) is 2.82. The highest BCUT2D eigenvalue weighted by molar-refractivity contribution is 6.01. The number of aromatic carboxylic acids is 2. The van der Waals surface area contributed by atoms with Gasteiger partial charge in [-0.2, -0.15) is 0 Å². The van der Waals surface area contributed by atoms with Crippen LogP contribution in [0.15, 0.2) is 24.3 Å². The predicted molar refractivity (Wildman–Crippen MR) is 76.5 cm³/mol. The normalized spacial score (nSPS) is 9.24. The molecule has 1 aromatic rings. The summed E-state index contributed by atoms with van der Waals surface area (Å²) in [7, 11) is 0. The summed E-state index contributed by atoms with van der Waals surface area (Å²) in [6, 6.07) is 5.48. The zero-order valence-corrected chi connectivity index (χ0v) is 12.2. The fourth-order valence-electron chi connectivity index (χ4n) is 1.42. The van der Waals surface area contributed by atoms with Crippen molar-refractivity contribution in [1.29, 1.82) is 0 Å². The van der Waals surface area contributed by atoms with E-state index in [1.807, 2.05) is 0 Å². The van der Waals surface area contributed by atoms with Gasteiger partial charge in [-0.05, 0) is 18.6 Å². The summed E-state index contributed by atoms with van der Waals surface area (Å²) in [5, 5.41) is 17.1. The molecule has 0 fully saturated rings. The second-order valence-corrected chi connectivity index (χ2v) is 4.20. The fourth-order valence-corrected chi connectivity index (χ4v) is 1.42. The first-order chi connectivity index (χ1) is 9.90. The van der Waals surface area contributed by atoms with E-state index in [2.05, 4.69) is 6.92 Å². The van der Waals surface area contributed by atoms with E-state index in [9.17, 15) is 14.4 Å². The molecule has 116 valence electrons. The number of carboxylic acids is 2. The highest BCUT2D eigenvalue weighted by Gasteiger charge is 2.13. The van der Waals surface area contributed by atoms with Crippen LogP contribution >= 0.6 is 0 Å². The third kappa shape index (κ3) is 8.41. The van der Waals surface area contributed by atoms with Crippen LogP contribution in [-0.4, -0.2) is 34.7 Å². The molecule has 0 aliphatic rings. The van der Waals surface area contributed by atoms with Gasteiger partial charge in [0.15, 0.2) is 0 Å². The lowest BCUT2D eigenvalue weighted by atomic mass is 10.1. The first kappa shape index (κ1) is 18.6. The Hall–Kier alpha value is -2.37. The van der Waals surface area contributed by atoms with Gasteiger partial charge in [-0.15, -0.1) is 0 Å². The molecule has 0 amide bonds. The van der Waals surface area contributed by atoms with Crippen molar-refractivity contribution in [3.05, 3.63) is 35.4 Å². The van der Waals surface area contributed by atoms with Crippen LogP contribution in [0.5, 0.6) is 0 Å². The largest absolute Gasteiger partial charge is 0.478 e. The summed E-state index contributed by atoms with van der Waals surface area (Å²) >= 11 is 0. The van der Waals surface area contributed by atoms with Crippen molar-refractivity contribution < 1.29 is 29.3 Å². The molecule has 0 radical (unpaired) electrons. The Labute approximate surface area is 123 Å². The third-order valence-electron chi connectivity index (χ3n) is 2.44. The molecule has 0 atom stereocenters. The molecule has 0 aromatic heterocycles. The number of hydrogen-bond donors (Lipinski definition) is 2. The number of unbranched alkanes of at least 4 members (excludes halogenated alkanes) is 2. The number of ether oxygens (including phenoxy) is 1. The minimum absolute atomic E-state index is 0.175. The number of hydrogen-bond acceptors (Lipinski definition) is 4. The van der Waals surface area contributed by atoms with Crippen molar-refractivity contribution in [2.24, 2.45) is 0 Å². The first-order valence-electron chi connectivity index (χ1n) is 6.59. The van der Waals surface area contributed by atoms with Gasteiger partial charge in [0.2, 0.25) is 0 Å². The molecule has 0 bridgehead atoms. The third-order valence-corrected chi connectivity index (χ3v) is 2.44. The van der Waals surface area contributed by atoms with E-state index >= 15 is 0 Å². The van der Waals surface area contributed by atoms with Crippen LogP contribution < -0.4 is 0 Å². The van der Waals surface area contributed by atoms with Gasteiger partial charge in [0, 0.05) is 6.92 Å². The molecule has 0 spiro atoms. The van der Waals surface area contributed by atoms with Crippen molar-refractivity contribution in [1.82, 2.24) is 0 Å². The highest BCUT2D eigenvalue weighted by atomic mass is 16.5. The second-order valence-electron chi connectivity index (χ2n) is 4.20. The number of rotatable bonds is 6. The van der Waals surface area contributed by atoms with Gasteiger partial charge in [0.05, 0.1) is 17.7 Å². The molecule has 0 unspecified atom stereocenters. The Morgan fingerprint density at radius 3 is 1.81 bits per heavy atom. The van der Waals surface area contributed by atoms with E-state index < -0.39 is 11.9 Å². The average Bonchev–Trinajstić information content (AvgIpc) is 2.44. The maximum atomic E-state index is 10.5. The van der Waals surface area contributed by atoms with Gasteiger partial charge in [0.1, 0.15) is 0 Å². The molecular weight excluding hydrogens is 276 g/mol. The van der Waals surface area contributed by atoms with Crippen molar-refractivity contribution >= 4 is 17.9 Å². The number of carbonyl (C=O) groups is 3. The van der Waals surface area contributed by atoms with E-state index in [1.165, 1.54) is 37.6 Å². The Bertz CT molecular complexity index is 448. The van der Waals surface area contributed by atoms with E-state index in [4.69, 9.17) is 14.9 Å². The van der Waals surface area contributed by atoms with Gasteiger partial charge in [-0.3, -0.25) is 4.79 Å². The molecule has 1 aromatic carbocycles. The van der Waals surface area contributed by atoms with Crippen molar-refractivity contribution in [3.63, 3.8) is 0 Å². The topological polar surface area (TPSA) is 101 Å². The van der Waals surface area contributed by atoms with Crippen LogP contribution in [0.2, 0.25) is 0 Å². The monoisotopic (exact) mass is 296 g/mol. The Morgan fingerprint density at radius 2 is 1.48 bits per heavy atom.